The SMILES string of the molecule is COc1ccc2c(c1)c(-c1cncc(-c3ccc(Cl)cc3)c1)cn2CCN1CCOCC1. The highest BCUT2D eigenvalue weighted by atomic mass is 35.5. The maximum Gasteiger partial charge on any atom is 0.119 e. The van der Waals surface area contributed by atoms with Gasteiger partial charge in [-0.25, -0.2) is 0 Å². The first kappa shape index (κ1) is 21.0. The van der Waals surface area contributed by atoms with Crippen LogP contribution in [0, 0.1) is 0 Å². The van der Waals surface area contributed by atoms with Gasteiger partial charge in [-0.2, -0.15) is 0 Å². The minimum absolute atomic E-state index is 0.730. The van der Waals surface area contributed by atoms with Crippen LogP contribution in [0.2, 0.25) is 5.02 Å². The summed E-state index contributed by atoms with van der Waals surface area (Å²) in [7, 11) is 1.71. The van der Waals surface area contributed by atoms with Crippen molar-refractivity contribution in [2.45, 2.75) is 6.54 Å². The lowest BCUT2D eigenvalue weighted by atomic mass is 10.0. The van der Waals surface area contributed by atoms with Crippen LogP contribution in [0.3, 0.4) is 0 Å². The number of hydrogen-bond acceptors (Lipinski definition) is 4. The van der Waals surface area contributed by atoms with Gasteiger partial charge in [0, 0.05) is 77.4 Å². The molecule has 0 N–H and O–H groups in total. The highest BCUT2D eigenvalue weighted by molar-refractivity contribution is 6.30. The molecule has 1 aliphatic heterocycles. The number of ether oxygens (including phenoxy) is 2. The van der Waals surface area contributed by atoms with Crippen LogP contribution in [0.15, 0.2) is 67.1 Å². The van der Waals surface area contributed by atoms with Crippen molar-refractivity contribution in [1.82, 2.24) is 14.5 Å². The summed E-state index contributed by atoms with van der Waals surface area (Å²) in [5, 5.41) is 1.90. The molecule has 1 saturated heterocycles. The number of methoxy groups -OCH3 is 1. The summed E-state index contributed by atoms with van der Waals surface area (Å²) in [6.07, 6.45) is 6.07. The highest BCUT2D eigenvalue weighted by Gasteiger charge is 2.15. The number of nitrogens with zero attached hydrogens (tertiary/aromatic N) is 3. The molecule has 0 saturated carbocycles. The van der Waals surface area contributed by atoms with Crippen LogP contribution in [0.1, 0.15) is 0 Å². The maximum absolute atomic E-state index is 6.07. The fourth-order valence-electron chi connectivity index (χ4n) is 4.28. The van der Waals surface area contributed by atoms with Gasteiger partial charge in [-0.3, -0.25) is 9.88 Å². The van der Waals surface area contributed by atoms with Crippen LogP contribution in [0.4, 0.5) is 0 Å². The molecule has 32 heavy (non-hydrogen) atoms. The van der Waals surface area contributed by atoms with E-state index in [4.69, 9.17) is 21.1 Å². The van der Waals surface area contributed by atoms with Crippen LogP contribution in [0.25, 0.3) is 33.2 Å². The molecular weight excluding hydrogens is 422 g/mol. The number of aromatic nitrogens is 2. The lowest BCUT2D eigenvalue weighted by Gasteiger charge is -2.26. The predicted molar refractivity (Wildman–Crippen MR) is 129 cm³/mol. The molecule has 0 spiro atoms. The van der Waals surface area contributed by atoms with Crippen LogP contribution in [0.5, 0.6) is 5.75 Å². The largest absolute Gasteiger partial charge is 0.497 e. The van der Waals surface area contributed by atoms with E-state index in [2.05, 4.69) is 38.8 Å². The predicted octanol–water partition coefficient (Wildman–Crippen LogP) is 5.36. The summed E-state index contributed by atoms with van der Waals surface area (Å²) >= 11 is 6.07. The molecule has 0 bridgehead atoms. The quantitative estimate of drug-likeness (QED) is 0.398. The first-order chi connectivity index (χ1) is 15.7. The van der Waals surface area contributed by atoms with Crippen molar-refractivity contribution in [3.63, 3.8) is 0 Å². The zero-order chi connectivity index (χ0) is 21.9. The van der Waals surface area contributed by atoms with Gasteiger partial charge >= 0.3 is 0 Å². The molecular formula is C26H26ClN3O2. The summed E-state index contributed by atoms with van der Waals surface area (Å²) in [5.41, 5.74) is 5.60. The molecule has 0 atom stereocenters. The molecule has 2 aromatic carbocycles. The van der Waals surface area contributed by atoms with Gasteiger partial charge in [-0.15, -0.1) is 0 Å². The van der Waals surface area contributed by atoms with Crippen molar-refractivity contribution in [1.29, 1.82) is 0 Å². The third-order valence-corrected chi connectivity index (χ3v) is 6.33. The summed E-state index contributed by atoms with van der Waals surface area (Å²) < 4.78 is 13.4. The molecule has 0 unspecified atom stereocenters. The average Bonchev–Trinajstić information content (AvgIpc) is 3.22. The Morgan fingerprint density at radius 2 is 1.72 bits per heavy atom. The van der Waals surface area contributed by atoms with Crippen LogP contribution >= 0.6 is 11.6 Å². The van der Waals surface area contributed by atoms with E-state index in [9.17, 15) is 0 Å². The standard InChI is InChI=1S/C26H26ClN3O2/c1-31-23-6-7-26-24(15-23)25(18-30(26)9-8-29-10-12-32-13-11-29)21-14-20(16-28-17-21)19-2-4-22(27)5-3-19/h2-7,14-18H,8-13H2,1H3. The Morgan fingerprint density at radius 1 is 0.938 bits per heavy atom. The van der Waals surface area contributed by atoms with Crippen molar-refractivity contribution >= 4 is 22.5 Å². The van der Waals surface area contributed by atoms with E-state index in [1.54, 1.807) is 7.11 Å². The Morgan fingerprint density at radius 3 is 2.50 bits per heavy atom. The van der Waals surface area contributed by atoms with Crippen molar-refractivity contribution in [3.8, 4) is 28.0 Å². The van der Waals surface area contributed by atoms with Crippen LogP contribution < -0.4 is 4.74 Å². The van der Waals surface area contributed by atoms with E-state index in [1.165, 1.54) is 10.9 Å². The first-order valence-corrected chi connectivity index (χ1v) is 11.3. The second-order valence-electron chi connectivity index (χ2n) is 8.04. The molecule has 5 rings (SSSR count). The number of pyridine rings is 1. The fraction of sp³-hybridized carbons (Fsp3) is 0.269. The Hall–Kier alpha value is -2.86. The van der Waals surface area contributed by atoms with E-state index in [-0.39, 0.29) is 0 Å². The lowest BCUT2D eigenvalue weighted by Crippen LogP contribution is -2.38. The van der Waals surface area contributed by atoms with Crippen LogP contribution in [-0.2, 0) is 11.3 Å². The summed E-state index contributed by atoms with van der Waals surface area (Å²) in [5.74, 6) is 0.853. The normalized spacial score (nSPS) is 14.7. The van der Waals surface area contributed by atoms with Gasteiger partial charge in [-0.1, -0.05) is 23.7 Å². The van der Waals surface area contributed by atoms with E-state index >= 15 is 0 Å². The number of hydrogen-bond donors (Lipinski definition) is 0. The van der Waals surface area contributed by atoms with E-state index in [1.807, 2.05) is 42.7 Å². The number of benzene rings is 2. The maximum atomic E-state index is 6.07. The second kappa shape index (κ2) is 9.33. The smallest absolute Gasteiger partial charge is 0.119 e. The van der Waals surface area contributed by atoms with Crippen molar-refractivity contribution in [2.75, 3.05) is 40.0 Å². The molecule has 1 fully saturated rings. The van der Waals surface area contributed by atoms with Gasteiger partial charge in [-0.05, 0) is 42.0 Å². The Bertz CT molecular complexity index is 1210. The molecule has 5 nitrogen and oxygen atoms in total. The fourth-order valence-corrected chi connectivity index (χ4v) is 4.41. The first-order valence-electron chi connectivity index (χ1n) is 10.9. The lowest BCUT2D eigenvalue weighted by molar-refractivity contribution is 0.0365. The van der Waals surface area contributed by atoms with Gasteiger partial charge < -0.3 is 14.0 Å². The Balaban J connectivity index is 1.52. The highest BCUT2D eigenvalue weighted by Crippen LogP contribution is 2.34. The molecule has 164 valence electrons. The number of morpholine rings is 1. The number of rotatable bonds is 6. The molecule has 0 amide bonds. The summed E-state index contributed by atoms with van der Waals surface area (Å²) in [4.78, 5) is 7.00. The van der Waals surface area contributed by atoms with Crippen molar-refractivity contribution in [3.05, 3.63) is 72.1 Å². The van der Waals surface area contributed by atoms with Crippen LogP contribution in [-0.4, -0.2) is 54.4 Å². The zero-order valence-electron chi connectivity index (χ0n) is 18.1. The third-order valence-electron chi connectivity index (χ3n) is 6.08. The van der Waals surface area contributed by atoms with Gasteiger partial charge in [0.1, 0.15) is 5.75 Å². The number of halogens is 1. The Labute approximate surface area is 193 Å². The van der Waals surface area contributed by atoms with E-state index in [0.29, 0.717) is 0 Å². The van der Waals surface area contributed by atoms with E-state index in [0.717, 1.165) is 72.4 Å². The zero-order valence-corrected chi connectivity index (χ0v) is 18.9. The molecule has 6 heteroatoms. The van der Waals surface area contributed by atoms with Gasteiger partial charge in [0.05, 0.1) is 20.3 Å². The molecule has 3 heterocycles. The van der Waals surface area contributed by atoms with Gasteiger partial charge in [0.15, 0.2) is 0 Å². The summed E-state index contributed by atoms with van der Waals surface area (Å²) in [6.45, 7) is 5.55. The minimum atomic E-state index is 0.730. The minimum Gasteiger partial charge on any atom is -0.497 e. The van der Waals surface area contributed by atoms with Gasteiger partial charge in [0.2, 0.25) is 0 Å². The van der Waals surface area contributed by atoms with E-state index < -0.39 is 0 Å². The third kappa shape index (κ3) is 4.37. The Kier molecular flexibility index (Phi) is 6.12. The number of fused-ring (bicyclic) bond motifs is 1. The van der Waals surface area contributed by atoms with Crippen molar-refractivity contribution < 1.29 is 9.47 Å². The molecule has 0 radical (unpaired) electrons. The van der Waals surface area contributed by atoms with Gasteiger partial charge in [0.25, 0.3) is 0 Å². The molecule has 4 aromatic rings. The molecule has 2 aromatic heterocycles. The average molecular weight is 448 g/mol. The molecule has 0 aliphatic carbocycles. The molecule has 1 aliphatic rings. The summed E-state index contributed by atoms with van der Waals surface area (Å²) in [6, 6.07) is 16.3. The monoisotopic (exact) mass is 447 g/mol. The topological polar surface area (TPSA) is 39.5 Å². The second-order valence-corrected chi connectivity index (χ2v) is 8.48. The van der Waals surface area contributed by atoms with Crippen molar-refractivity contribution in [2.24, 2.45) is 0 Å².